The van der Waals surface area contributed by atoms with Crippen LogP contribution in [0.4, 0.5) is 0 Å². The summed E-state index contributed by atoms with van der Waals surface area (Å²) in [5, 5.41) is 1.59. The van der Waals surface area contributed by atoms with Gasteiger partial charge in [-0.3, -0.25) is 4.98 Å². The van der Waals surface area contributed by atoms with Gasteiger partial charge in [-0.05, 0) is 68.2 Å². The second kappa shape index (κ2) is 12.2. The number of halogens is 1. The molecule has 0 aliphatic carbocycles. The van der Waals surface area contributed by atoms with Crippen molar-refractivity contribution in [2.75, 3.05) is 0 Å². The number of nitrogens with one attached hydrogen (secondary N) is 1. The molecule has 9 heteroatoms. The van der Waals surface area contributed by atoms with Crippen LogP contribution in [0.5, 0.6) is 0 Å². The average molecular weight is 576 g/mol. The van der Waals surface area contributed by atoms with Gasteiger partial charge in [0.05, 0.1) is 18.2 Å². The van der Waals surface area contributed by atoms with Crippen molar-refractivity contribution in [1.82, 2.24) is 14.7 Å². The SMILES string of the molecule is CC(C)(C)[S+]([O-])NCc1c(-c2cccnc2)ccc(Cl)c1Sc1ncccc1CO[Si](C)(C)C(C)(C)C. The van der Waals surface area contributed by atoms with Crippen molar-refractivity contribution in [3.63, 3.8) is 0 Å². The molecule has 200 valence electrons. The molecule has 0 spiro atoms. The molecule has 0 aliphatic heterocycles. The Bertz CT molecular complexity index is 1200. The first-order valence-corrected chi connectivity index (χ1v) is 17.6. The van der Waals surface area contributed by atoms with Crippen LogP contribution in [0.2, 0.25) is 23.2 Å². The van der Waals surface area contributed by atoms with Gasteiger partial charge in [0, 0.05) is 46.0 Å². The number of aromatic nitrogens is 2. The summed E-state index contributed by atoms with van der Waals surface area (Å²) < 4.78 is 22.2. The average Bonchev–Trinajstić information content (AvgIpc) is 2.82. The number of hydrogen-bond acceptors (Lipinski definition) is 6. The normalized spacial score (nSPS) is 13.6. The smallest absolute Gasteiger partial charge is 0.192 e. The Morgan fingerprint density at radius 1 is 1.05 bits per heavy atom. The van der Waals surface area contributed by atoms with E-state index in [2.05, 4.69) is 49.6 Å². The molecule has 5 nitrogen and oxygen atoms in total. The van der Waals surface area contributed by atoms with E-state index >= 15 is 0 Å². The van der Waals surface area contributed by atoms with Crippen LogP contribution in [0.25, 0.3) is 11.1 Å². The number of rotatable bonds is 9. The number of nitrogens with zero attached hydrogens (tertiary/aromatic N) is 2. The molecule has 1 unspecified atom stereocenters. The van der Waals surface area contributed by atoms with Crippen molar-refractivity contribution in [1.29, 1.82) is 0 Å². The molecular formula is C28H38ClN3O2S2Si. The van der Waals surface area contributed by atoms with Crippen molar-refractivity contribution in [3.8, 4) is 11.1 Å². The lowest BCUT2D eigenvalue weighted by Gasteiger charge is -2.36. The molecule has 37 heavy (non-hydrogen) atoms. The van der Waals surface area contributed by atoms with Gasteiger partial charge < -0.3 is 8.98 Å². The highest BCUT2D eigenvalue weighted by atomic mass is 35.5. The second-order valence-corrected chi connectivity index (χ2v) is 19.7. The van der Waals surface area contributed by atoms with Crippen LogP contribution in [0.1, 0.15) is 52.7 Å². The predicted molar refractivity (Wildman–Crippen MR) is 160 cm³/mol. The first-order chi connectivity index (χ1) is 17.2. The molecule has 3 aromatic rings. The minimum absolute atomic E-state index is 0.116. The van der Waals surface area contributed by atoms with Gasteiger partial charge in [-0.1, -0.05) is 62.3 Å². The molecule has 2 heterocycles. The van der Waals surface area contributed by atoms with E-state index in [-0.39, 0.29) is 5.04 Å². The topological polar surface area (TPSA) is 70.1 Å². The van der Waals surface area contributed by atoms with Gasteiger partial charge in [0.25, 0.3) is 0 Å². The monoisotopic (exact) mass is 575 g/mol. The van der Waals surface area contributed by atoms with Crippen molar-refractivity contribution in [3.05, 3.63) is 71.1 Å². The fourth-order valence-corrected chi connectivity index (χ4v) is 6.22. The lowest BCUT2D eigenvalue weighted by molar-refractivity contribution is 0.273. The van der Waals surface area contributed by atoms with Gasteiger partial charge >= 0.3 is 0 Å². The number of pyridine rings is 2. The Labute approximate surface area is 235 Å². The van der Waals surface area contributed by atoms with Gasteiger partial charge in [-0.2, -0.15) is 0 Å². The highest BCUT2D eigenvalue weighted by molar-refractivity contribution is 7.99. The molecule has 3 rings (SSSR count). The Kier molecular flexibility index (Phi) is 9.94. The summed E-state index contributed by atoms with van der Waals surface area (Å²) in [5.74, 6) is 0. The first-order valence-electron chi connectivity index (χ1n) is 12.3. The van der Waals surface area contributed by atoms with Gasteiger partial charge in [-0.15, -0.1) is 4.72 Å². The summed E-state index contributed by atoms with van der Waals surface area (Å²) in [7, 11) is -1.93. The van der Waals surface area contributed by atoms with Crippen LogP contribution in [0.15, 0.2) is 64.9 Å². The summed E-state index contributed by atoms with van der Waals surface area (Å²) in [6.07, 6.45) is 5.38. The van der Waals surface area contributed by atoms with E-state index in [9.17, 15) is 4.55 Å². The van der Waals surface area contributed by atoms with Crippen molar-refractivity contribution < 1.29 is 8.98 Å². The summed E-state index contributed by atoms with van der Waals surface area (Å²) in [6.45, 7) is 18.0. The quantitative estimate of drug-likeness (QED) is 0.206. The molecule has 2 aromatic heterocycles. The third kappa shape index (κ3) is 7.82. The minimum Gasteiger partial charge on any atom is -0.598 e. The Morgan fingerprint density at radius 3 is 2.38 bits per heavy atom. The lowest BCUT2D eigenvalue weighted by atomic mass is 10.0. The summed E-state index contributed by atoms with van der Waals surface area (Å²) in [6, 6.07) is 11.8. The molecule has 0 aliphatic rings. The van der Waals surface area contributed by atoms with Crippen LogP contribution in [-0.2, 0) is 28.9 Å². The van der Waals surface area contributed by atoms with E-state index in [1.54, 1.807) is 12.4 Å². The highest BCUT2D eigenvalue weighted by Crippen LogP contribution is 2.42. The zero-order valence-corrected chi connectivity index (χ0v) is 26.4. The minimum atomic E-state index is -1.93. The standard InChI is InChI=1S/C28H38ClN3O2S2Si/c1-27(2,3)36(33)32-18-23-22(20-11-9-15-30-17-20)13-14-24(29)25(23)35-26-21(12-10-16-31-26)19-34-37(7,8)28(4,5)6/h9-17,32H,18-19H2,1-8H3. The van der Waals surface area contributed by atoms with Gasteiger partial charge in [0.2, 0.25) is 0 Å². The van der Waals surface area contributed by atoms with Gasteiger partial charge in [0.1, 0.15) is 9.77 Å². The Morgan fingerprint density at radius 2 is 1.76 bits per heavy atom. The number of hydrogen-bond donors (Lipinski definition) is 1. The van der Waals surface area contributed by atoms with E-state index in [1.165, 1.54) is 11.8 Å². The molecule has 0 saturated heterocycles. The van der Waals surface area contributed by atoms with Crippen LogP contribution in [-0.4, -0.2) is 27.6 Å². The highest BCUT2D eigenvalue weighted by Gasteiger charge is 2.37. The van der Waals surface area contributed by atoms with Crippen molar-refractivity contribution in [2.24, 2.45) is 0 Å². The predicted octanol–water partition coefficient (Wildman–Crippen LogP) is 8.02. The molecule has 1 N–H and O–H groups in total. The molecule has 0 radical (unpaired) electrons. The molecule has 1 atom stereocenters. The van der Waals surface area contributed by atoms with Crippen LogP contribution in [0.3, 0.4) is 0 Å². The zero-order valence-electron chi connectivity index (χ0n) is 23.0. The van der Waals surface area contributed by atoms with E-state index in [4.69, 9.17) is 21.0 Å². The first kappa shape index (κ1) is 30.2. The van der Waals surface area contributed by atoms with E-state index < -0.39 is 24.4 Å². The zero-order chi connectivity index (χ0) is 27.4. The summed E-state index contributed by atoms with van der Waals surface area (Å²) in [4.78, 5) is 9.89. The molecule has 1 aromatic carbocycles. The fourth-order valence-electron chi connectivity index (χ4n) is 3.23. The van der Waals surface area contributed by atoms with Gasteiger partial charge in [0.15, 0.2) is 8.32 Å². The van der Waals surface area contributed by atoms with Gasteiger partial charge in [-0.25, -0.2) is 4.98 Å². The van der Waals surface area contributed by atoms with Crippen molar-refractivity contribution in [2.45, 2.75) is 87.5 Å². The molecule has 0 amide bonds. The maximum Gasteiger partial charge on any atom is 0.192 e. The van der Waals surface area contributed by atoms with E-state index in [1.807, 2.05) is 57.3 Å². The summed E-state index contributed by atoms with van der Waals surface area (Å²) >= 11 is 7.10. The molecular weight excluding hydrogens is 538 g/mol. The van der Waals surface area contributed by atoms with Crippen molar-refractivity contribution >= 4 is 43.0 Å². The fraction of sp³-hybridized carbons (Fsp3) is 0.429. The summed E-state index contributed by atoms with van der Waals surface area (Å²) in [5.41, 5.74) is 3.96. The molecule has 0 saturated carbocycles. The maximum absolute atomic E-state index is 12.9. The third-order valence-electron chi connectivity index (χ3n) is 6.56. The van der Waals surface area contributed by atoms with Crippen LogP contribution < -0.4 is 4.72 Å². The Balaban J connectivity index is 2.01. The third-order valence-corrected chi connectivity index (χ3v) is 14.2. The van der Waals surface area contributed by atoms with Crippen LogP contribution in [0, 0.1) is 0 Å². The largest absolute Gasteiger partial charge is 0.598 e. The lowest BCUT2D eigenvalue weighted by Crippen LogP contribution is -2.40. The molecule has 0 bridgehead atoms. The van der Waals surface area contributed by atoms with E-state index in [0.29, 0.717) is 18.2 Å². The Hall–Kier alpha value is -1.39. The van der Waals surface area contributed by atoms with Crippen LogP contribution >= 0.6 is 23.4 Å². The molecule has 0 fully saturated rings. The number of benzene rings is 1. The van der Waals surface area contributed by atoms with E-state index in [0.717, 1.165) is 32.2 Å². The second-order valence-electron chi connectivity index (χ2n) is 11.5. The maximum atomic E-state index is 12.9.